The predicted octanol–water partition coefficient (Wildman–Crippen LogP) is 4.43. The van der Waals surface area contributed by atoms with Crippen LogP contribution in [0.4, 0.5) is 31.8 Å². The molecule has 0 radical (unpaired) electrons. The first-order chi connectivity index (χ1) is 17.3. The van der Waals surface area contributed by atoms with Crippen LogP contribution in [0.15, 0.2) is 30.6 Å². The molecule has 0 unspecified atom stereocenters. The number of nitrogens with zero attached hydrogens (tertiary/aromatic N) is 4. The summed E-state index contributed by atoms with van der Waals surface area (Å²) >= 11 is 0. The molecule has 0 saturated carbocycles. The van der Waals surface area contributed by atoms with E-state index in [0.29, 0.717) is 11.6 Å². The quantitative estimate of drug-likeness (QED) is 0.441. The average molecular weight is 499 g/mol. The van der Waals surface area contributed by atoms with Crippen LogP contribution in [0.25, 0.3) is 0 Å². The van der Waals surface area contributed by atoms with Gasteiger partial charge in [-0.2, -0.15) is 0 Å². The second kappa shape index (κ2) is 10.9. The molecule has 10 heteroatoms. The molecular formula is C26H32F2N6O2. The average Bonchev–Trinajstić information content (AvgIpc) is 2.89. The van der Waals surface area contributed by atoms with E-state index in [1.165, 1.54) is 32.5 Å². The highest BCUT2D eigenvalue weighted by Gasteiger charge is 2.19. The van der Waals surface area contributed by atoms with Gasteiger partial charge >= 0.3 is 0 Å². The maximum Gasteiger partial charge on any atom is 0.227 e. The third kappa shape index (κ3) is 5.43. The standard InChI is InChI=1S/C26H32F2N6O2/c1-5-33-6-8-34(9-7-33)18-10-17(3)25(21(29)12-18)32-26-30-13-19(14-31-26)36-15-20-23(27)16(2)11-22(35-4)24(20)28/h10-14H,5-9,15,29H2,1-4H3,(H,30,31,32). The third-order valence-corrected chi connectivity index (χ3v) is 6.44. The number of halogens is 2. The molecule has 3 N–H and O–H groups in total. The summed E-state index contributed by atoms with van der Waals surface area (Å²) in [6.07, 6.45) is 2.87. The summed E-state index contributed by atoms with van der Waals surface area (Å²) in [6.45, 7) is 10.4. The molecule has 0 atom stereocenters. The van der Waals surface area contributed by atoms with Crippen LogP contribution in [-0.2, 0) is 6.61 Å². The van der Waals surface area contributed by atoms with E-state index in [0.717, 1.165) is 49.7 Å². The van der Waals surface area contributed by atoms with Crippen molar-refractivity contribution in [3.8, 4) is 11.5 Å². The zero-order chi connectivity index (χ0) is 25.8. The van der Waals surface area contributed by atoms with Gasteiger partial charge in [-0.05, 0) is 49.7 Å². The minimum absolute atomic E-state index is 0.0366. The fraction of sp³-hybridized carbons (Fsp3) is 0.385. The molecule has 1 aromatic heterocycles. The third-order valence-electron chi connectivity index (χ3n) is 6.44. The molecule has 0 bridgehead atoms. The highest BCUT2D eigenvalue weighted by molar-refractivity contribution is 5.78. The number of anilines is 4. The number of nitrogens with one attached hydrogen (secondary N) is 1. The number of methoxy groups -OCH3 is 1. The molecule has 0 spiro atoms. The first-order valence-electron chi connectivity index (χ1n) is 11.9. The van der Waals surface area contributed by atoms with E-state index >= 15 is 0 Å². The van der Waals surface area contributed by atoms with E-state index in [9.17, 15) is 8.78 Å². The van der Waals surface area contributed by atoms with Gasteiger partial charge in [-0.1, -0.05) is 6.92 Å². The van der Waals surface area contributed by atoms with E-state index < -0.39 is 11.6 Å². The number of ether oxygens (including phenoxy) is 2. The van der Waals surface area contributed by atoms with Crippen LogP contribution >= 0.6 is 0 Å². The second-order valence-electron chi connectivity index (χ2n) is 8.81. The summed E-state index contributed by atoms with van der Waals surface area (Å²) < 4.78 is 39.4. The number of likely N-dealkylation sites (N-methyl/N-ethyl adjacent to an activating group) is 1. The van der Waals surface area contributed by atoms with Crippen molar-refractivity contribution in [1.29, 1.82) is 0 Å². The SMILES string of the molecule is CCN1CCN(c2cc(C)c(Nc3ncc(OCc4c(F)c(C)cc(OC)c4F)cn3)c(N)c2)CC1. The van der Waals surface area contributed by atoms with Crippen LogP contribution < -0.4 is 25.4 Å². The molecule has 1 aliphatic heterocycles. The topological polar surface area (TPSA) is 88.8 Å². The summed E-state index contributed by atoms with van der Waals surface area (Å²) in [6, 6.07) is 5.38. The molecular weight excluding hydrogens is 466 g/mol. The van der Waals surface area contributed by atoms with Gasteiger partial charge in [0.05, 0.1) is 36.4 Å². The van der Waals surface area contributed by atoms with Crippen LogP contribution in [0.5, 0.6) is 11.5 Å². The highest BCUT2D eigenvalue weighted by atomic mass is 19.1. The minimum atomic E-state index is -0.790. The Labute approximate surface area is 210 Å². The van der Waals surface area contributed by atoms with Gasteiger partial charge in [-0.25, -0.2) is 18.7 Å². The molecule has 4 rings (SSSR count). The fourth-order valence-electron chi connectivity index (χ4n) is 4.27. The lowest BCUT2D eigenvalue weighted by Crippen LogP contribution is -2.46. The van der Waals surface area contributed by atoms with Crippen LogP contribution in [0.2, 0.25) is 0 Å². The zero-order valence-corrected chi connectivity index (χ0v) is 21.1. The first kappa shape index (κ1) is 25.4. The fourth-order valence-corrected chi connectivity index (χ4v) is 4.27. The Bertz CT molecular complexity index is 1190. The van der Waals surface area contributed by atoms with Crippen molar-refractivity contribution < 1.29 is 18.3 Å². The Morgan fingerprint density at radius 2 is 1.69 bits per heavy atom. The lowest BCUT2D eigenvalue weighted by molar-refractivity contribution is 0.271. The highest BCUT2D eigenvalue weighted by Crippen LogP contribution is 2.32. The van der Waals surface area contributed by atoms with Gasteiger partial charge in [0.1, 0.15) is 12.4 Å². The number of nitrogen functional groups attached to an aromatic ring is 1. The van der Waals surface area contributed by atoms with Crippen molar-refractivity contribution in [3.63, 3.8) is 0 Å². The van der Waals surface area contributed by atoms with Gasteiger partial charge in [0.2, 0.25) is 5.95 Å². The summed E-state index contributed by atoms with van der Waals surface area (Å²) in [7, 11) is 1.33. The van der Waals surface area contributed by atoms with Crippen molar-refractivity contribution in [1.82, 2.24) is 14.9 Å². The van der Waals surface area contributed by atoms with Crippen molar-refractivity contribution in [2.75, 3.05) is 55.8 Å². The number of rotatable bonds is 8. The van der Waals surface area contributed by atoms with Gasteiger partial charge in [0.15, 0.2) is 17.3 Å². The molecule has 1 saturated heterocycles. The maximum absolute atomic E-state index is 14.5. The molecule has 1 aliphatic rings. The van der Waals surface area contributed by atoms with E-state index in [4.69, 9.17) is 15.2 Å². The van der Waals surface area contributed by atoms with Gasteiger partial charge in [-0.3, -0.25) is 0 Å². The smallest absolute Gasteiger partial charge is 0.227 e. The molecule has 0 amide bonds. The number of aryl methyl sites for hydroxylation is 2. The van der Waals surface area contributed by atoms with Gasteiger partial charge < -0.3 is 30.3 Å². The molecule has 8 nitrogen and oxygen atoms in total. The van der Waals surface area contributed by atoms with Gasteiger partial charge in [-0.15, -0.1) is 0 Å². The number of benzene rings is 2. The lowest BCUT2D eigenvalue weighted by atomic mass is 10.1. The van der Waals surface area contributed by atoms with Crippen LogP contribution in [0.1, 0.15) is 23.6 Å². The monoisotopic (exact) mass is 498 g/mol. The van der Waals surface area contributed by atoms with Crippen LogP contribution in [0, 0.1) is 25.5 Å². The van der Waals surface area contributed by atoms with Crippen molar-refractivity contribution in [2.45, 2.75) is 27.4 Å². The van der Waals surface area contributed by atoms with Crippen molar-refractivity contribution >= 4 is 23.0 Å². The molecule has 192 valence electrons. The lowest BCUT2D eigenvalue weighted by Gasteiger charge is -2.36. The van der Waals surface area contributed by atoms with E-state index in [1.807, 2.05) is 13.0 Å². The minimum Gasteiger partial charge on any atom is -0.494 e. The number of piperazine rings is 1. The normalized spacial score (nSPS) is 14.1. The Balaban J connectivity index is 1.42. The van der Waals surface area contributed by atoms with Gasteiger partial charge in [0, 0.05) is 31.9 Å². The molecule has 0 aliphatic carbocycles. The molecule has 1 fully saturated rings. The first-order valence-corrected chi connectivity index (χ1v) is 11.9. The molecule has 2 heterocycles. The molecule has 3 aromatic rings. The largest absolute Gasteiger partial charge is 0.494 e. The molecule has 36 heavy (non-hydrogen) atoms. The number of aromatic nitrogens is 2. The van der Waals surface area contributed by atoms with E-state index in [2.05, 4.69) is 38.1 Å². The van der Waals surface area contributed by atoms with Crippen molar-refractivity contribution in [2.24, 2.45) is 0 Å². The summed E-state index contributed by atoms with van der Waals surface area (Å²) in [5.74, 6) is -0.900. The van der Waals surface area contributed by atoms with Crippen LogP contribution in [-0.4, -0.2) is 54.7 Å². The number of hydrogen-bond acceptors (Lipinski definition) is 8. The maximum atomic E-state index is 14.5. The predicted molar refractivity (Wildman–Crippen MR) is 137 cm³/mol. The Morgan fingerprint density at radius 1 is 1.00 bits per heavy atom. The Morgan fingerprint density at radius 3 is 2.31 bits per heavy atom. The summed E-state index contributed by atoms with van der Waals surface area (Å²) in [5.41, 5.74) is 9.84. The second-order valence-corrected chi connectivity index (χ2v) is 8.81. The van der Waals surface area contributed by atoms with Crippen LogP contribution in [0.3, 0.4) is 0 Å². The Kier molecular flexibility index (Phi) is 7.73. The van der Waals surface area contributed by atoms with E-state index in [-0.39, 0.29) is 29.2 Å². The zero-order valence-electron chi connectivity index (χ0n) is 21.1. The molecule has 2 aromatic carbocycles. The Hall–Kier alpha value is -3.66. The summed E-state index contributed by atoms with van der Waals surface area (Å²) in [5, 5.41) is 3.16. The van der Waals surface area contributed by atoms with E-state index in [1.54, 1.807) is 0 Å². The number of hydrogen-bond donors (Lipinski definition) is 2. The summed E-state index contributed by atoms with van der Waals surface area (Å²) in [4.78, 5) is 13.3. The van der Waals surface area contributed by atoms with Crippen molar-refractivity contribution in [3.05, 3.63) is 58.9 Å². The van der Waals surface area contributed by atoms with Gasteiger partial charge in [0.25, 0.3) is 0 Å². The number of nitrogens with two attached hydrogens (primary N) is 1.